The van der Waals surface area contributed by atoms with Crippen molar-refractivity contribution in [3.63, 3.8) is 0 Å². The highest BCUT2D eigenvalue weighted by Gasteiger charge is 2.30. The third kappa shape index (κ3) is 4.26. The summed E-state index contributed by atoms with van der Waals surface area (Å²) in [5.41, 5.74) is 0. The molecule has 0 unspecified atom stereocenters. The lowest BCUT2D eigenvalue weighted by Gasteiger charge is -2.23. The molecule has 0 saturated heterocycles. The molecule has 6 nitrogen and oxygen atoms in total. The number of urea groups is 1. The van der Waals surface area contributed by atoms with Gasteiger partial charge < -0.3 is 15.1 Å². The predicted molar refractivity (Wildman–Crippen MR) is 77.3 cm³/mol. The fourth-order valence-electron chi connectivity index (χ4n) is 1.43. The standard InChI is InChI=1S/C13H22N2O4S/c1-9-6-7-11(19-9)10(2)15-12(16)14-8-13(3,4)20(5,17)18/h6-7,10H,8H2,1-5H3,(H2,14,15,16)/t10-/m1/s1. The zero-order valence-corrected chi connectivity index (χ0v) is 13.3. The highest BCUT2D eigenvalue weighted by atomic mass is 32.2. The number of furan rings is 1. The Morgan fingerprint density at radius 2 is 2.00 bits per heavy atom. The van der Waals surface area contributed by atoms with Gasteiger partial charge >= 0.3 is 6.03 Å². The molecule has 0 saturated carbocycles. The zero-order valence-electron chi connectivity index (χ0n) is 12.5. The molecular weight excluding hydrogens is 280 g/mol. The number of carbonyl (C=O) groups excluding carboxylic acids is 1. The van der Waals surface area contributed by atoms with Gasteiger partial charge in [-0.1, -0.05) is 0 Å². The van der Waals surface area contributed by atoms with Crippen molar-refractivity contribution in [1.29, 1.82) is 0 Å². The molecular formula is C13H22N2O4S. The fourth-order valence-corrected chi connectivity index (χ4v) is 1.76. The smallest absolute Gasteiger partial charge is 0.315 e. The number of aryl methyl sites for hydroxylation is 1. The molecule has 0 radical (unpaired) electrons. The highest BCUT2D eigenvalue weighted by Crippen LogP contribution is 2.16. The van der Waals surface area contributed by atoms with Crippen LogP contribution in [-0.4, -0.2) is 32.0 Å². The van der Waals surface area contributed by atoms with E-state index in [0.717, 1.165) is 12.0 Å². The van der Waals surface area contributed by atoms with E-state index in [1.807, 2.05) is 13.0 Å². The summed E-state index contributed by atoms with van der Waals surface area (Å²) in [7, 11) is -3.24. The number of sulfone groups is 1. The second kappa shape index (κ2) is 5.87. The van der Waals surface area contributed by atoms with Gasteiger partial charge in [-0.3, -0.25) is 0 Å². The summed E-state index contributed by atoms with van der Waals surface area (Å²) in [5, 5.41) is 5.26. The second-order valence-corrected chi connectivity index (χ2v) is 8.18. The molecule has 1 heterocycles. The Balaban J connectivity index is 2.53. The minimum Gasteiger partial charge on any atom is -0.464 e. The van der Waals surface area contributed by atoms with Crippen molar-refractivity contribution in [3.05, 3.63) is 23.7 Å². The van der Waals surface area contributed by atoms with Gasteiger partial charge in [0.2, 0.25) is 0 Å². The van der Waals surface area contributed by atoms with Crippen LogP contribution < -0.4 is 10.6 Å². The topological polar surface area (TPSA) is 88.4 Å². The average molecular weight is 302 g/mol. The van der Waals surface area contributed by atoms with Crippen LogP contribution in [-0.2, 0) is 9.84 Å². The van der Waals surface area contributed by atoms with Crippen LogP contribution in [0.5, 0.6) is 0 Å². The van der Waals surface area contributed by atoms with E-state index >= 15 is 0 Å². The molecule has 0 fully saturated rings. The van der Waals surface area contributed by atoms with Gasteiger partial charge in [0.25, 0.3) is 0 Å². The van der Waals surface area contributed by atoms with Gasteiger partial charge in [0.1, 0.15) is 11.5 Å². The maximum absolute atomic E-state index is 11.7. The van der Waals surface area contributed by atoms with Gasteiger partial charge in [-0.2, -0.15) is 0 Å². The van der Waals surface area contributed by atoms with Crippen molar-refractivity contribution in [1.82, 2.24) is 10.6 Å². The highest BCUT2D eigenvalue weighted by molar-refractivity contribution is 7.92. The first kappa shape index (κ1) is 16.6. The van der Waals surface area contributed by atoms with E-state index in [-0.39, 0.29) is 12.6 Å². The summed E-state index contributed by atoms with van der Waals surface area (Å²) < 4.78 is 27.5. The molecule has 0 aliphatic rings. The molecule has 7 heteroatoms. The van der Waals surface area contributed by atoms with Crippen molar-refractivity contribution >= 4 is 15.9 Å². The summed E-state index contributed by atoms with van der Waals surface area (Å²) >= 11 is 0. The summed E-state index contributed by atoms with van der Waals surface area (Å²) in [6, 6.07) is 2.90. The van der Waals surface area contributed by atoms with Crippen LogP contribution in [0.25, 0.3) is 0 Å². The number of hydrogen-bond acceptors (Lipinski definition) is 4. The monoisotopic (exact) mass is 302 g/mol. The van der Waals surface area contributed by atoms with Gasteiger partial charge in [-0.15, -0.1) is 0 Å². The molecule has 2 amide bonds. The van der Waals surface area contributed by atoms with E-state index in [2.05, 4.69) is 10.6 Å². The number of carbonyl (C=O) groups is 1. The molecule has 0 bridgehead atoms. The van der Waals surface area contributed by atoms with Gasteiger partial charge in [-0.05, 0) is 39.8 Å². The van der Waals surface area contributed by atoms with E-state index in [9.17, 15) is 13.2 Å². The zero-order chi connectivity index (χ0) is 15.6. The van der Waals surface area contributed by atoms with E-state index in [1.165, 1.54) is 0 Å². The predicted octanol–water partition coefficient (Wildman–Crippen LogP) is 1.77. The third-order valence-corrected chi connectivity index (χ3v) is 5.37. The fraction of sp³-hybridized carbons (Fsp3) is 0.615. The summed E-state index contributed by atoms with van der Waals surface area (Å²) in [6.07, 6.45) is 1.15. The maximum Gasteiger partial charge on any atom is 0.315 e. The number of amides is 2. The van der Waals surface area contributed by atoms with E-state index in [4.69, 9.17) is 4.42 Å². The molecule has 2 N–H and O–H groups in total. The van der Waals surface area contributed by atoms with Crippen LogP contribution in [0.4, 0.5) is 4.79 Å². The second-order valence-electron chi connectivity index (χ2n) is 5.53. The molecule has 1 atom stereocenters. The van der Waals surface area contributed by atoms with Crippen LogP contribution in [0.1, 0.15) is 38.3 Å². The lowest BCUT2D eigenvalue weighted by molar-refractivity contribution is 0.235. The number of rotatable bonds is 5. The molecule has 1 aromatic rings. The largest absolute Gasteiger partial charge is 0.464 e. The Morgan fingerprint density at radius 1 is 1.40 bits per heavy atom. The van der Waals surface area contributed by atoms with Crippen molar-refractivity contribution in [2.75, 3.05) is 12.8 Å². The Labute approximate surface area is 119 Å². The van der Waals surface area contributed by atoms with Crippen LogP contribution in [0.15, 0.2) is 16.5 Å². The van der Waals surface area contributed by atoms with Crippen LogP contribution >= 0.6 is 0 Å². The number of nitrogens with one attached hydrogen (secondary N) is 2. The Morgan fingerprint density at radius 3 is 2.45 bits per heavy atom. The molecule has 1 rings (SSSR count). The first-order chi connectivity index (χ1) is 9.03. The van der Waals surface area contributed by atoms with Crippen LogP contribution in [0, 0.1) is 6.92 Å². The van der Waals surface area contributed by atoms with Gasteiger partial charge in [0.05, 0.1) is 10.8 Å². The van der Waals surface area contributed by atoms with Crippen LogP contribution in [0.2, 0.25) is 0 Å². The lowest BCUT2D eigenvalue weighted by atomic mass is 10.2. The van der Waals surface area contributed by atoms with Gasteiger partial charge in [0.15, 0.2) is 9.84 Å². The summed E-state index contributed by atoms with van der Waals surface area (Å²) in [4.78, 5) is 11.7. The summed E-state index contributed by atoms with van der Waals surface area (Å²) in [5.74, 6) is 1.42. The Hall–Kier alpha value is -1.50. The van der Waals surface area contributed by atoms with Gasteiger partial charge in [0, 0.05) is 12.8 Å². The first-order valence-corrected chi connectivity index (χ1v) is 8.22. The Bertz CT molecular complexity index is 575. The maximum atomic E-state index is 11.7. The van der Waals surface area contributed by atoms with Crippen molar-refractivity contribution < 1.29 is 17.6 Å². The average Bonchev–Trinajstić information content (AvgIpc) is 2.72. The van der Waals surface area contributed by atoms with E-state index < -0.39 is 20.6 Å². The SMILES string of the molecule is Cc1ccc([C@@H](C)NC(=O)NCC(C)(C)S(C)(=O)=O)o1. The summed E-state index contributed by atoms with van der Waals surface area (Å²) in [6.45, 7) is 6.80. The van der Waals surface area contributed by atoms with Crippen LogP contribution in [0.3, 0.4) is 0 Å². The minimum absolute atomic E-state index is 0.0432. The molecule has 20 heavy (non-hydrogen) atoms. The van der Waals surface area contributed by atoms with Crippen molar-refractivity contribution in [3.8, 4) is 0 Å². The van der Waals surface area contributed by atoms with Gasteiger partial charge in [-0.25, -0.2) is 13.2 Å². The molecule has 0 aliphatic carbocycles. The van der Waals surface area contributed by atoms with E-state index in [0.29, 0.717) is 5.76 Å². The van der Waals surface area contributed by atoms with E-state index in [1.54, 1.807) is 26.8 Å². The Kier molecular flexibility index (Phi) is 4.86. The molecule has 0 spiro atoms. The van der Waals surface area contributed by atoms with Crippen molar-refractivity contribution in [2.45, 2.75) is 38.5 Å². The molecule has 1 aromatic heterocycles. The minimum atomic E-state index is -3.24. The molecule has 0 aromatic carbocycles. The van der Waals surface area contributed by atoms with Crippen molar-refractivity contribution in [2.24, 2.45) is 0 Å². The normalized spacial score (nSPS) is 13.8. The first-order valence-electron chi connectivity index (χ1n) is 6.33. The lowest BCUT2D eigenvalue weighted by Crippen LogP contribution is -2.47. The molecule has 114 valence electrons. The number of hydrogen-bond donors (Lipinski definition) is 2. The molecule has 0 aliphatic heterocycles. The third-order valence-electron chi connectivity index (χ3n) is 3.21. The quantitative estimate of drug-likeness (QED) is 0.867.